The van der Waals surface area contributed by atoms with E-state index in [1.165, 1.54) is 24.3 Å². The summed E-state index contributed by atoms with van der Waals surface area (Å²) in [7, 11) is 0. The van der Waals surface area contributed by atoms with Gasteiger partial charge in [-0.05, 0) is 42.0 Å². The van der Waals surface area contributed by atoms with Crippen molar-refractivity contribution in [1.29, 1.82) is 0 Å². The molecule has 2 aromatic rings. The zero-order valence-electron chi connectivity index (χ0n) is 13.8. The predicted octanol–water partition coefficient (Wildman–Crippen LogP) is 3.93. The molecular weight excluding hydrogens is 401 g/mol. The van der Waals surface area contributed by atoms with E-state index < -0.39 is 17.5 Å². The van der Waals surface area contributed by atoms with Crippen LogP contribution in [0.2, 0.25) is 5.02 Å². The van der Waals surface area contributed by atoms with Gasteiger partial charge in [0, 0.05) is 23.2 Å². The molecule has 3 rings (SSSR count). The molecule has 9 heteroatoms. The maximum absolute atomic E-state index is 12.6. The van der Waals surface area contributed by atoms with Crippen LogP contribution in [0.3, 0.4) is 0 Å². The van der Waals surface area contributed by atoms with E-state index in [2.05, 4.69) is 10.1 Å². The van der Waals surface area contributed by atoms with Crippen molar-refractivity contribution < 1.29 is 23.1 Å². The second kappa shape index (κ2) is 7.80. The summed E-state index contributed by atoms with van der Waals surface area (Å²) >= 11 is 10.5. The molecule has 0 aromatic heterocycles. The molecule has 0 unspecified atom stereocenters. The van der Waals surface area contributed by atoms with Crippen molar-refractivity contribution in [3.8, 4) is 5.75 Å². The molecule has 1 aliphatic heterocycles. The monoisotopic (exact) mass is 414 g/mol. The third-order valence-corrected chi connectivity index (χ3v) is 4.27. The summed E-state index contributed by atoms with van der Waals surface area (Å²) in [4.78, 5) is 25.8. The van der Waals surface area contributed by atoms with Gasteiger partial charge in [-0.15, -0.1) is 8.78 Å². The molecule has 142 valence electrons. The quantitative estimate of drug-likeness (QED) is 0.574. The van der Waals surface area contributed by atoms with E-state index >= 15 is 0 Å². The third-order valence-electron chi connectivity index (χ3n) is 3.94. The predicted molar refractivity (Wildman–Crippen MR) is 97.1 cm³/mol. The van der Waals surface area contributed by atoms with Gasteiger partial charge in [0.15, 0.2) is 0 Å². The number of nitrogens with one attached hydrogen (secondary N) is 1. The number of nitrogens with zero attached hydrogens (tertiary/aromatic N) is 1. The fourth-order valence-corrected chi connectivity index (χ4v) is 2.92. The largest absolute Gasteiger partial charge is 0.487 e. The van der Waals surface area contributed by atoms with Crippen LogP contribution < -0.4 is 15.0 Å². The first-order valence-corrected chi connectivity index (χ1v) is 8.69. The van der Waals surface area contributed by atoms with Gasteiger partial charge in [0.25, 0.3) is 5.91 Å². The van der Waals surface area contributed by atoms with Crippen LogP contribution in [0.1, 0.15) is 12.0 Å². The van der Waals surface area contributed by atoms with E-state index in [4.69, 9.17) is 23.2 Å². The van der Waals surface area contributed by atoms with Crippen LogP contribution in [-0.4, -0.2) is 23.4 Å². The van der Waals surface area contributed by atoms with Gasteiger partial charge in [0.05, 0.1) is 18.2 Å². The number of carbonyl (C=O) groups excluding carboxylic acids is 2. The number of imide groups is 1. The van der Waals surface area contributed by atoms with Gasteiger partial charge in [-0.2, -0.15) is 0 Å². The highest BCUT2D eigenvalue weighted by Crippen LogP contribution is 2.29. The number of anilines is 1. The Morgan fingerprint density at radius 1 is 1.11 bits per heavy atom. The van der Waals surface area contributed by atoms with Gasteiger partial charge in [0.2, 0.25) is 5.91 Å². The summed E-state index contributed by atoms with van der Waals surface area (Å²) in [5.41, 5.74) is -2.65. The first kappa shape index (κ1) is 19.5. The van der Waals surface area contributed by atoms with Gasteiger partial charge in [0.1, 0.15) is 5.75 Å². The minimum atomic E-state index is -3.84. The number of alkyl halides is 3. The van der Waals surface area contributed by atoms with Crippen molar-refractivity contribution in [3.05, 3.63) is 59.1 Å². The molecule has 0 bridgehead atoms. The maximum atomic E-state index is 12.6. The molecule has 0 radical (unpaired) electrons. The number of halogens is 4. The summed E-state index contributed by atoms with van der Waals surface area (Å²) in [6.45, 7) is 0.395. The van der Waals surface area contributed by atoms with E-state index in [0.29, 0.717) is 11.6 Å². The van der Waals surface area contributed by atoms with Crippen LogP contribution >= 0.6 is 23.2 Å². The molecule has 1 saturated heterocycles. The van der Waals surface area contributed by atoms with Crippen LogP contribution in [0, 0.1) is 0 Å². The highest BCUT2D eigenvalue weighted by atomic mass is 35.5. The van der Waals surface area contributed by atoms with Crippen molar-refractivity contribution in [2.75, 3.05) is 4.90 Å². The first-order valence-electron chi connectivity index (χ1n) is 7.93. The normalized spacial score (nSPS) is 17.5. The minimum absolute atomic E-state index is 0.00439. The summed E-state index contributed by atoms with van der Waals surface area (Å²) in [6, 6.07) is 11.5. The molecule has 5 nitrogen and oxygen atoms in total. The number of benzene rings is 2. The average Bonchev–Trinajstić information content (AvgIpc) is 2.88. The fraction of sp³-hybridized carbons (Fsp3) is 0.222. The summed E-state index contributed by atoms with van der Waals surface area (Å²) in [6.07, 6.45) is 0.00439. The van der Waals surface area contributed by atoms with Crippen LogP contribution in [-0.2, 0) is 16.1 Å². The zero-order valence-corrected chi connectivity index (χ0v) is 15.3. The Morgan fingerprint density at radius 3 is 2.33 bits per heavy atom. The SMILES string of the molecule is O=C1C[C@@H](NCc2ccc(Cl)cc2)C(=O)N1c1ccc(OC(F)(F)Cl)cc1. The lowest BCUT2D eigenvalue weighted by Crippen LogP contribution is -2.38. The van der Waals surface area contributed by atoms with E-state index in [1.807, 2.05) is 12.1 Å². The second-order valence-corrected chi connectivity index (χ2v) is 6.75. The molecule has 1 fully saturated rings. The van der Waals surface area contributed by atoms with Gasteiger partial charge in [-0.3, -0.25) is 9.59 Å². The van der Waals surface area contributed by atoms with E-state index in [0.717, 1.165) is 10.5 Å². The summed E-state index contributed by atoms with van der Waals surface area (Å²) < 4.78 is 29.5. The Bertz CT molecular complexity index is 839. The lowest BCUT2D eigenvalue weighted by Gasteiger charge is -2.17. The molecule has 2 aromatic carbocycles. The third kappa shape index (κ3) is 4.94. The molecule has 0 aliphatic carbocycles. The number of carbonyl (C=O) groups is 2. The standard InChI is InChI=1S/C18H14Cl2F2N2O3/c19-12-3-1-11(2-4-12)10-23-15-9-16(25)24(17(15)26)13-5-7-14(8-6-13)27-18(20,21)22/h1-8,15,23H,9-10H2/t15-/m1/s1. The molecule has 27 heavy (non-hydrogen) atoms. The molecule has 0 saturated carbocycles. The average molecular weight is 415 g/mol. The highest BCUT2D eigenvalue weighted by Gasteiger charge is 2.39. The van der Waals surface area contributed by atoms with Gasteiger partial charge in [-0.1, -0.05) is 23.7 Å². The van der Waals surface area contributed by atoms with Gasteiger partial charge in [-0.25, -0.2) is 4.90 Å². The number of ether oxygens (including phenoxy) is 1. The minimum Gasteiger partial charge on any atom is -0.420 e. The van der Waals surface area contributed by atoms with Crippen molar-refractivity contribution >= 4 is 40.7 Å². The molecule has 1 heterocycles. The Labute approximate surface area is 163 Å². The molecule has 0 spiro atoms. The topological polar surface area (TPSA) is 58.6 Å². The number of hydrogen-bond donors (Lipinski definition) is 1. The maximum Gasteiger partial charge on any atom is 0.487 e. The smallest absolute Gasteiger partial charge is 0.420 e. The van der Waals surface area contributed by atoms with E-state index in [1.54, 1.807) is 12.1 Å². The Kier molecular flexibility index (Phi) is 5.64. The van der Waals surface area contributed by atoms with Crippen LogP contribution in [0.25, 0.3) is 0 Å². The van der Waals surface area contributed by atoms with Gasteiger partial charge >= 0.3 is 5.57 Å². The fourth-order valence-electron chi connectivity index (χ4n) is 2.70. The van der Waals surface area contributed by atoms with Crippen molar-refractivity contribution in [2.45, 2.75) is 24.6 Å². The number of amides is 2. The van der Waals surface area contributed by atoms with E-state index in [9.17, 15) is 18.4 Å². The van der Waals surface area contributed by atoms with Crippen molar-refractivity contribution in [2.24, 2.45) is 0 Å². The molecule has 1 N–H and O–H groups in total. The number of rotatable bonds is 6. The molecule has 1 aliphatic rings. The van der Waals surface area contributed by atoms with Crippen LogP contribution in [0.15, 0.2) is 48.5 Å². The Hall–Kier alpha value is -2.22. The molecule has 1 atom stereocenters. The summed E-state index contributed by atoms with van der Waals surface area (Å²) in [5.74, 6) is -0.981. The zero-order chi connectivity index (χ0) is 19.6. The number of hydrogen-bond acceptors (Lipinski definition) is 4. The highest BCUT2D eigenvalue weighted by molar-refractivity contribution is 6.30. The molecular formula is C18H14Cl2F2N2O3. The lowest BCUT2D eigenvalue weighted by atomic mass is 10.2. The van der Waals surface area contributed by atoms with Crippen LogP contribution in [0.5, 0.6) is 5.75 Å². The first-order chi connectivity index (χ1) is 12.7. The molecule has 2 amide bonds. The van der Waals surface area contributed by atoms with Crippen molar-refractivity contribution in [3.63, 3.8) is 0 Å². The van der Waals surface area contributed by atoms with Crippen molar-refractivity contribution in [1.82, 2.24) is 5.32 Å². The lowest BCUT2D eigenvalue weighted by molar-refractivity contribution is -0.121. The Morgan fingerprint density at radius 2 is 1.74 bits per heavy atom. The second-order valence-electron chi connectivity index (χ2n) is 5.87. The van der Waals surface area contributed by atoms with Crippen LogP contribution in [0.4, 0.5) is 14.5 Å². The Balaban J connectivity index is 1.66. The summed E-state index contributed by atoms with van der Waals surface area (Å²) in [5, 5.41) is 3.65. The van der Waals surface area contributed by atoms with E-state index in [-0.39, 0.29) is 23.8 Å². The van der Waals surface area contributed by atoms with Gasteiger partial charge < -0.3 is 10.1 Å².